The van der Waals surface area contributed by atoms with E-state index in [-0.39, 0.29) is 5.56 Å². The molecule has 2 aromatic heterocycles. The second-order valence-electron chi connectivity index (χ2n) is 8.27. The fourth-order valence-corrected chi connectivity index (χ4v) is 3.86. The van der Waals surface area contributed by atoms with Gasteiger partial charge in [-0.2, -0.15) is 0 Å². The van der Waals surface area contributed by atoms with Crippen molar-refractivity contribution < 1.29 is 0 Å². The van der Waals surface area contributed by atoms with Crippen LogP contribution < -0.4 is 5.56 Å². The lowest BCUT2D eigenvalue weighted by atomic mass is 10.0. The summed E-state index contributed by atoms with van der Waals surface area (Å²) in [6.07, 6.45) is 23.7. The van der Waals surface area contributed by atoms with E-state index in [1.54, 1.807) is 10.5 Å². The minimum absolute atomic E-state index is 0.0484. The fourth-order valence-electron chi connectivity index (χ4n) is 3.86. The number of aromatic nitrogens is 2. The number of terminal acetylenes is 1. The SMILES string of the molecule is C#C.CC/C=C1/C=C(c2cc(=O)n3cc(C4=CCN(CC)CC4)ccc3n2)C=CN1C.CCC. The first-order valence-corrected chi connectivity index (χ1v) is 12.1. The van der Waals surface area contributed by atoms with Crippen molar-refractivity contribution in [3.8, 4) is 12.8 Å². The van der Waals surface area contributed by atoms with Gasteiger partial charge in [0.2, 0.25) is 0 Å². The van der Waals surface area contributed by atoms with Gasteiger partial charge in [-0.25, -0.2) is 4.98 Å². The van der Waals surface area contributed by atoms with Crippen LogP contribution in [0.3, 0.4) is 0 Å². The van der Waals surface area contributed by atoms with Crippen LogP contribution in [0.1, 0.15) is 58.2 Å². The predicted octanol–water partition coefficient (Wildman–Crippen LogP) is 5.61. The maximum Gasteiger partial charge on any atom is 0.258 e. The van der Waals surface area contributed by atoms with E-state index < -0.39 is 0 Å². The molecule has 180 valence electrons. The molecule has 0 aliphatic carbocycles. The van der Waals surface area contributed by atoms with Gasteiger partial charge < -0.3 is 4.90 Å². The topological polar surface area (TPSA) is 40.9 Å². The van der Waals surface area contributed by atoms with Crippen molar-refractivity contribution in [2.45, 2.75) is 47.0 Å². The molecule has 5 heteroatoms. The molecule has 0 spiro atoms. The molecule has 0 bridgehead atoms. The van der Waals surface area contributed by atoms with Crippen LogP contribution in [0.4, 0.5) is 0 Å². The summed E-state index contributed by atoms with van der Waals surface area (Å²) in [6, 6.07) is 5.67. The van der Waals surface area contributed by atoms with Crippen LogP contribution >= 0.6 is 0 Å². The van der Waals surface area contributed by atoms with E-state index in [4.69, 9.17) is 4.98 Å². The third-order valence-electron chi connectivity index (χ3n) is 5.67. The average Bonchev–Trinajstić information content (AvgIpc) is 2.87. The summed E-state index contributed by atoms with van der Waals surface area (Å²) in [6.45, 7) is 11.7. The molecule has 0 amide bonds. The summed E-state index contributed by atoms with van der Waals surface area (Å²) in [5.74, 6) is 0. The van der Waals surface area contributed by atoms with Gasteiger partial charge in [0.15, 0.2) is 0 Å². The van der Waals surface area contributed by atoms with Crippen molar-refractivity contribution in [3.63, 3.8) is 0 Å². The Bertz CT molecular complexity index is 1160. The van der Waals surface area contributed by atoms with Gasteiger partial charge >= 0.3 is 0 Å². The number of pyridine rings is 1. The summed E-state index contributed by atoms with van der Waals surface area (Å²) in [5.41, 5.74) is 5.84. The van der Waals surface area contributed by atoms with Crippen LogP contribution in [0.15, 0.2) is 65.4 Å². The Morgan fingerprint density at radius 3 is 2.50 bits per heavy atom. The fraction of sp³-hybridized carbons (Fsp3) is 0.379. The van der Waals surface area contributed by atoms with Gasteiger partial charge in [-0.05, 0) is 54.8 Å². The Kier molecular flexibility index (Phi) is 10.6. The highest BCUT2D eigenvalue weighted by Crippen LogP contribution is 2.24. The molecule has 0 saturated heterocycles. The highest BCUT2D eigenvalue weighted by molar-refractivity contribution is 5.76. The minimum atomic E-state index is -0.0484. The van der Waals surface area contributed by atoms with Crippen LogP contribution in [-0.2, 0) is 0 Å². The van der Waals surface area contributed by atoms with Gasteiger partial charge in [-0.15, -0.1) is 12.8 Å². The van der Waals surface area contributed by atoms with Gasteiger partial charge in [0, 0.05) is 49.9 Å². The van der Waals surface area contributed by atoms with Gasteiger partial charge in [0.05, 0.1) is 5.69 Å². The van der Waals surface area contributed by atoms with E-state index >= 15 is 0 Å². The molecule has 2 aliphatic heterocycles. The highest BCUT2D eigenvalue weighted by Gasteiger charge is 2.14. The van der Waals surface area contributed by atoms with Crippen molar-refractivity contribution >= 4 is 16.8 Å². The first-order valence-electron chi connectivity index (χ1n) is 12.1. The van der Waals surface area contributed by atoms with E-state index in [1.807, 2.05) is 31.6 Å². The summed E-state index contributed by atoms with van der Waals surface area (Å²) in [5, 5.41) is 0. The van der Waals surface area contributed by atoms with Crippen molar-refractivity contribution in [3.05, 3.63) is 82.2 Å². The number of allylic oxidation sites excluding steroid dienone is 4. The van der Waals surface area contributed by atoms with Crippen LogP contribution in [0.5, 0.6) is 0 Å². The number of fused-ring (bicyclic) bond motifs is 1. The zero-order valence-electron chi connectivity index (χ0n) is 21.3. The number of likely N-dealkylation sites (N-methyl/N-ethyl adjacent to an activating group) is 2. The molecule has 0 saturated carbocycles. The third-order valence-corrected chi connectivity index (χ3v) is 5.67. The lowest BCUT2D eigenvalue weighted by molar-refractivity contribution is 0.318. The van der Waals surface area contributed by atoms with Crippen LogP contribution in [0.25, 0.3) is 16.8 Å². The lowest BCUT2D eigenvalue weighted by Gasteiger charge is -2.25. The molecule has 0 N–H and O–H groups in total. The summed E-state index contributed by atoms with van der Waals surface area (Å²) < 4.78 is 1.66. The zero-order valence-corrected chi connectivity index (χ0v) is 21.3. The zero-order chi connectivity index (χ0) is 25.1. The van der Waals surface area contributed by atoms with Crippen LogP contribution in [0, 0.1) is 12.8 Å². The Hall–Kier alpha value is -3.36. The van der Waals surface area contributed by atoms with E-state index in [9.17, 15) is 4.79 Å². The molecule has 0 atom stereocenters. The van der Waals surface area contributed by atoms with E-state index in [0.717, 1.165) is 49.3 Å². The second kappa shape index (κ2) is 13.4. The van der Waals surface area contributed by atoms with E-state index in [2.05, 4.69) is 74.6 Å². The molecule has 2 aromatic rings. The van der Waals surface area contributed by atoms with E-state index in [0.29, 0.717) is 11.3 Å². The molecule has 5 nitrogen and oxygen atoms in total. The van der Waals surface area contributed by atoms with Crippen molar-refractivity contribution in [2.75, 3.05) is 26.7 Å². The predicted molar refractivity (Wildman–Crippen MR) is 145 cm³/mol. The van der Waals surface area contributed by atoms with Crippen LogP contribution in [0.2, 0.25) is 0 Å². The largest absolute Gasteiger partial charge is 0.351 e. The molecular weight excluding hydrogens is 420 g/mol. The number of nitrogens with zero attached hydrogens (tertiary/aromatic N) is 4. The smallest absolute Gasteiger partial charge is 0.258 e. The number of hydrogen-bond donors (Lipinski definition) is 0. The first kappa shape index (κ1) is 26.9. The molecule has 0 aromatic carbocycles. The number of hydrogen-bond acceptors (Lipinski definition) is 4. The van der Waals surface area contributed by atoms with Crippen molar-refractivity contribution in [1.29, 1.82) is 0 Å². The van der Waals surface area contributed by atoms with Gasteiger partial charge in [-0.3, -0.25) is 14.1 Å². The second-order valence-corrected chi connectivity index (χ2v) is 8.27. The maximum atomic E-state index is 12.9. The molecule has 0 radical (unpaired) electrons. The van der Waals surface area contributed by atoms with E-state index in [1.165, 1.54) is 12.0 Å². The summed E-state index contributed by atoms with van der Waals surface area (Å²) >= 11 is 0. The lowest BCUT2D eigenvalue weighted by Crippen LogP contribution is -2.28. The molecule has 2 aliphatic rings. The summed E-state index contributed by atoms with van der Waals surface area (Å²) in [7, 11) is 2.02. The third kappa shape index (κ3) is 6.59. The minimum Gasteiger partial charge on any atom is -0.351 e. The Labute approximate surface area is 204 Å². The molecular formula is C29H38N4O. The first-order chi connectivity index (χ1) is 16.5. The maximum absolute atomic E-state index is 12.9. The quantitative estimate of drug-likeness (QED) is 0.559. The molecule has 0 unspecified atom stereocenters. The normalized spacial score (nSPS) is 16.8. The average molecular weight is 459 g/mol. The Balaban J connectivity index is 0.000000758. The molecule has 4 rings (SSSR count). The monoisotopic (exact) mass is 458 g/mol. The molecule has 4 heterocycles. The summed E-state index contributed by atoms with van der Waals surface area (Å²) in [4.78, 5) is 22.1. The Morgan fingerprint density at radius 1 is 1.15 bits per heavy atom. The van der Waals surface area contributed by atoms with Gasteiger partial charge in [-0.1, -0.05) is 46.3 Å². The highest BCUT2D eigenvalue weighted by atomic mass is 16.1. The van der Waals surface area contributed by atoms with Gasteiger partial charge in [0.25, 0.3) is 5.56 Å². The standard InChI is InChI=1S/C24H28N4O.C3H8.C2H2/c1-4-6-21-15-19(9-12-26(21)3)22-16-24(29)28-17-20(7-8-23(28)25-22)18-10-13-27(5-2)14-11-18;1-3-2;1-2/h6-10,12,15-17H,4-5,11,13-14H2,1-3H3;3H2,1-2H3;1-2H/b21-6-;;. The Morgan fingerprint density at radius 2 is 1.88 bits per heavy atom. The van der Waals surface area contributed by atoms with Gasteiger partial charge in [0.1, 0.15) is 5.65 Å². The van der Waals surface area contributed by atoms with Crippen molar-refractivity contribution in [2.24, 2.45) is 0 Å². The number of rotatable bonds is 4. The van der Waals surface area contributed by atoms with Crippen LogP contribution in [-0.4, -0.2) is 45.9 Å². The molecule has 34 heavy (non-hydrogen) atoms. The molecule has 0 fully saturated rings. The van der Waals surface area contributed by atoms with Crippen molar-refractivity contribution in [1.82, 2.24) is 19.2 Å².